The Morgan fingerprint density at radius 2 is 1.96 bits per heavy atom. The molecule has 2 aliphatic heterocycles. The average Bonchev–Trinajstić information content (AvgIpc) is 3.25. The molecule has 28 heavy (non-hydrogen) atoms. The molecule has 5 rings (SSSR count). The van der Waals surface area contributed by atoms with E-state index >= 15 is 0 Å². The number of rotatable bonds is 4. The van der Waals surface area contributed by atoms with Gasteiger partial charge in [0.1, 0.15) is 5.83 Å². The smallest absolute Gasteiger partial charge is 0.128 e. The number of allylic oxidation sites excluding steroid dienone is 1. The van der Waals surface area contributed by atoms with Crippen LogP contribution in [-0.4, -0.2) is 52.0 Å². The Hall–Kier alpha value is -2.05. The lowest BCUT2D eigenvalue weighted by Gasteiger charge is -2.41. The fourth-order valence-electron chi connectivity index (χ4n) is 4.56. The Morgan fingerprint density at radius 3 is 2.64 bits per heavy atom. The number of halogens is 1. The second-order valence-electron chi connectivity index (χ2n) is 8.47. The molecule has 5 nitrogen and oxygen atoms in total. The summed E-state index contributed by atoms with van der Waals surface area (Å²) in [4.78, 5) is 7.03. The summed E-state index contributed by atoms with van der Waals surface area (Å²) in [5, 5.41) is 4.89. The summed E-state index contributed by atoms with van der Waals surface area (Å²) in [6, 6.07) is 5.01. The van der Waals surface area contributed by atoms with Crippen molar-refractivity contribution < 1.29 is 9.13 Å². The van der Waals surface area contributed by atoms with E-state index in [0.29, 0.717) is 30.0 Å². The minimum Gasteiger partial charge on any atom is -0.378 e. The number of ether oxygens (including phenoxy) is 1. The zero-order valence-corrected chi connectivity index (χ0v) is 16.6. The van der Waals surface area contributed by atoms with Gasteiger partial charge in [0.25, 0.3) is 0 Å². The van der Waals surface area contributed by atoms with E-state index in [0.717, 1.165) is 56.1 Å². The molecular formula is C22H27FN4O. The molecule has 6 heteroatoms. The number of hydrogen-bond acceptors (Lipinski definition) is 4. The molecule has 0 atom stereocenters. The highest BCUT2D eigenvalue weighted by molar-refractivity contribution is 5.71. The normalized spacial score (nSPS) is 21.1. The largest absolute Gasteiger partial charge is 0.378 e. The first-order chi connectivity index (χ1) is 13.6. The van der Waals surface area contributed by atoms with Crippen LogP contribution in [0.4, 0.5) is 4.39 Å². The first-order valence-electron chi connectivity index (χ1n) is 10.4. The SMILES string of the molecule is CC(C)n1nc(-c2cnc3c(c2)C(F)=CC3)cc1C1CCN(C2COC2)CC1. The van der Waals surface area contributed by atoms with Gasteiger partial charge in [0.2, 0.25) is 0 Å². The molecule has 0 radical (unpaired) electrons. The molecule has 0 spiro atoms. The fraction of sp³-hybridized carbons (Fsp3) is 0.545. The van der Waals surface area contributed by atoms with Crippen LogP contribution < -0.4 is 0 Å². The summed E-state index contributed by atoms with van der Waals surface area (Å²) in [5.74, 6) is 0.347. The van der Waals surface area contributed by atoms with Crippen molar-refractivity contribution in [2.24, 2.45) is 0 Å². The number of pyridine rings is 1. The zero-order chi connectivity index (χ0) is 19.3. The Kier molecular flexibility index (Phi) is 4.56. The molecule has 1 aliphatic carbocycles. The Morgan fingerprint density at radius 1 is 1.18 bits per heavy atom. The quantitative estimate of drug-likeness (QED) is 0.803. The van der Waals surface area contributed by atoms with Crippen molar-refractivity contribution in [1.29, 1.82) is 0 Å². The maximum absolute atomic E-state index is 14.0. The highest BCUT2D eigenvalue weighted by Gasteiger charge is 2.31. The van der Waals surface area contributed by atoms with Gasteiger partial charge in [-0.2, -0.15) is 5.10 Å². The Labute approximate surface area is 165 Å². The van der Waals surface area contributed by atoms with Gasteiger partial charge in [0.15, 0.2) is 0 Å². The molecule has 0 N–H and O–H groups in total. The summed E-state index contributed by atoms with van der Waals surface area (Å²) < 4.78 is 21.5. The van der Waals surface area contributed by atoms with Gasteiger partial charge >= 0.3 is 0 Å². The van der Waals surface area contributed by atoms with Crippen molar-refractivity contribution in [1.82, 2.24) is 19.7 Å². The third-order valence-electron chi connectivity index (χ3n) is 6.34. The van der Waals surface area contributed by atoms with Crippen LogP contribution in [0.25, 0.3) is 17.1 Å². The van der Waals surface area contributed by atoms with Crippen molar-refractivity contribution in [3.63, 3.8) is 0 Å². The van der Waals surface area contributed by atoms with Gasteiger partial charge in [-0.25, -0.2) is 4.39 Å². The highest BCUT2D eigenvalue weighted by Crippen LogP contribution is 2.35. The van der Waals surface area contributed by atoms with Crippen LogP contribution in [0, 0.1) is 0 Å². The van der Waals surface area contributed by atoms with E-state index in [9.17, 15) is 4.39 Å². The number of piperidine rings is 1. The van der Waals surface area contributed by atoms with Crippen LogP contribution in [0.5, 0.6) is 0 Å². The van der Waals surface area contributed by atoms with E-state index in [2.05, 4.69) is 34.5 Å². The van der Waals surface area contributed by atoms with Crippen LogP contribution in [-0.2, 0) is 11.2 Å². The topological polar surface area (TPSA) is 43.2 Å². The van der Waals surface area contributed by atoms with E-state index in [-0.39, 0.29) is 5.83 Å². The molecule has 2 aromatic heterocycles. The lowest BCUT2D eigenvalue weighted by Crippen LogP contribution is -2.51. The third-order valence-corrected chi connectivity index (χ3v) is 6.34. The highest BCUT2D eigenvalue weighted by atomic mass is 19.1. The van der Waals surface area contributed by atoms with Crippen molar-refractivity contribution in [2.45, 2.75) is 51.1 Å². The first-order valence-corrected chi connectivity index (χ1v) is 10.4. The van der Waals surface area contributed by atoms with E-state index in [1.54, 1.807) is 6.08 Å². The molecule has 0 saturated carbocycles. The minimum absolute atomic E-state index is 0.166. The molecule has 0 unspecified atom stereocenters. The number of aromatic nitrogens is 3. The molecular weight excluding hydrogens is 355 g/mol. The third kappa shape index (κ3) is 3.08. The lowest BCUT2D eigenvalue weighted by atomic mass is 9.91. The van der Waals surface area contributed by atoms with Crippen LogP contribution >= 0.6 is 0 Å². The van der Waals surface area contributed by atoms with Crippen LogP contribution in [0.15, 0.2) is 24.4 Å². The van der Waals surface area contributed by atoms with Crippen LogP contribution in [0.3, 0.4) is 0 Å². The predicted molar refractivity (Wildman–Crippen MR) is 107 cm³/mol. The average molecular weight is 382 g/mol. The van der Waals surface area contributed by atoms with Gasteiger partial charge in [0.05, 0.1) is 30.6 Å². The van der Waals surface area contributed by atoms with Crippen molar-refractivity contribution in [3.8, 4) is 11.3 Å². The van der Waals surface area contributed by atoms with Gasteiger partial charge in [-0.05, 0) is 58.0 Å². The molecule has 2 fully saturated rings. The van der Waals surface area contributed by atoms with Gasteiger partial charge in [-0.3, -0.25) is 14.6 Å². The summed E-state index contributed by atoms with van der Waals surface area (Å²) >= 11 is 0. The first kappa shape index (κ1) is 18.0. The fourth-order valence-corrected chi connectivity index (χ4v) is 4.56. The summed E-state index contributed by atoms with van der Waals surface area (Å²) in [6.45, 7) is 8.35. The monoisotopic (exact) mass is 382 g/mol. The predicted octanol–water partition coefficient (Wildman–Crippen LogP) is 3.97. The minimum atomic E-state index is -0.166. The van der Waals surface area contributed by atoms with E-state index in [4.69, 9.17) is 9.84 Å². The van der Waals surface area contributed by atoms with E-state index < -0.39 is 0 Å². The Balaban J connectivity index is 1.41. The van der Waals surface area contributed by atoms with E-state index in [1.165, 1.54) is 5.69 Å². The number of hydrogen-bond donors (Lipinski definition) is 0. The summed E-state index contributed by atoms with van der Waals surface area (Å²) in [6.07, 6.45) is 6.31. The van der Waals surface area contributed by atoms with Gasteiger partial charge in [-0.1, -0.05) is 0 Å². The molecule has 0 aromatic carbocycles. The van der Waals surface area contributed by atoms with Crippen LogP contribution in [0.2, 0.25) is 0 Å². The molecule has 2 saturated heterocycles. The summed E-state index contributed by atoms with van der Waals surface area (Å²) in [7, 11) is 0. The van der Waals surface area contributed by atoms with Gasteiger partial charge in [0, 0.05) is 41.4 Å². The molecule has 148 valence electrons. The van der Waals surface area contributed by atoms with Crippen LogP contribution in [0.1, 0.15) is 55.6 Å². The number of nitrogens with zero attached hydrogens (tertiary/aromatic N) is 4. The van der Waals surface area contributed by atoms with Gasteiger partial charge in [-0.15, -0.1) is 0 Å². The Bertz CT molecular complexity index is 907. The maximum Gasteiger partial charge on any atom is 0.128 e. The number of likely N-dealkylation sites (tertiary alicyclic amines) is 1. The van der Waals surface area contributed by atoms with Crippen molar-refractivity contribution in [3.05, 3.63) is 41.4 Å². The number of fused-ring (bicyclic) bond motifs is 1. The van der Waals surface area contributed by atoms with Crippen molar-refractivity contribution >= 4 is 5.83 Å². The van der Waals surface area contributed by atoms with Crippen molar-refractivity contribution in [2.75, 3.05) is 26.3 Å². The maximum atomic E-state index is 14.0. The molecule has 0 amide bonds. The molecule has 0 bridgehead atoms. The van der Waals surface area contributed by atoms with E-state index in [1.807, 2.05) is 12.3 Å². The standard InChI is InChI=1S/C22H27FN4O/c1-14(2)27-22(15-5-7-26(8-6-15)17-12-28-13-17)10-21(25-27)16-9-18-19(23)3-4-20(18)24-11-16/h3,9-11,14-15,17H,4-8,12-13H2,1-2H3. The molecule has 4 heterocycles. The zero-order valence-electron chi connectivity index (χ0n) is 16.6. The summed E-state index contributed by atoms with van der Waals surface area (Å²) in [5.41, 5.74) is 4.53. The van der Waals surface area contributed by atoms with Gasteiger partial charge < -0.3 is 4.74 Å². The second kappa shape index (κ2) is 7.08. The lowest BCUT2D eigenvalue weighted by molar-refractivity contribution is -0.0714. The second-order valence-corrected chi connectivity index (χ2v) is 8.47. The molecule has 3 aliphatic rings. The molecule has 2 aromatic rings.